The van der Waals surface area contributed by atoms with Gasteiger partial charge in [-0.3, -0.25) is 9.59 Å². The average molecular weight is 558 g/mol. The van der Waals surface area contributed by atoms with Gasteiger partial charge < -0.3 is 15.1 Å². The fourth-order valence-corrected chi connectivity index (χ4v) is 6.25. The van der Waals surface area contributed by atoms with Crippen LogP contribution in [0.15, 0.2) is 107 Å². The van der Waals surface area contributed by atoms with Crippen LogP contribution in [-0.2, 0) is 17.3 Å². The van der Waals surface area contributed by atoms with Crippen molar-refractivity contribution in [2.24, 2.45) is 0 Å². The maximum absolute atomic E-state index is 13.8. The summed E-state index contributed by atoms with van der Waals surface area (Å²) < 4.78 is 13.6. The molecule has 5 rings (SSSR count). The molecule has 6 nitrogen and oxygen atoms in total. The van der Waals surface area contributed by atoms with Crippen molar-refractivity contribution < 1.29 is 13.8 Å². The fraction of sp³-hybridized carbons (Fsp3) is 0.161. The molecular formula is C31H28ClN3O3S. The van der Waals surface area contributed by atoms with E-state index < -0.39 is 10.8 Å². The van der Waals surface area contributed by atoms with Gasteiger partial charge in [-0.15, -0.1) is 0 Å². The van der Waals surface area contributed by atoms with Gasteiger partial charge in [0.25, 0.3) is 11.8 Å². The minimum atomic E-state index is -1.59. The predicted molar refractivity (Wildman–Crippen MR) is 156 cm³/mol. The van der Waals surface area contributed by atoms with E-state index in [0.717, 1.165) is 17.8 Å². The number of anilines is 2. The molecule has 0 bridgehead atoms. The summed E-state index contributed by atoms with van der Waals surface area (Å²) in [4.78, 5) is 31.7. The highest BCUT2D eigenvalue weighted by molar-refractivity contribution is 7.85. The summed E-state index contributed by atoms with van der Waals surface area (Å²) in [6.07, 6.45) is 0. The van der Waals surface area contributed by atoms with Crippen molar-refractivity contribution in [1.82, 2.24) is 5.32 Å². The zero-order valence-corrected chi connectivity index (χ0v) is 23.0. The summed E-state index contributed by atoms with van der Waals surface area (Å²) in [5.74, 6) is -0.540. The molecule has 0 unspecified atom stereocenters. The van der Waals surface area contributed by atoms with E-state index in [9.17, 15) is 13.8 Å². The molecule has 2 amide bonds. The molecule has 0 spiro atoms. The molecule has 0 saturated carbocycles. The highest BCUT2D eigenvalue weighted by Gasteiger charge is 2.31. The van der Waals surface area contributed by atoms with Gasteiger partial charge in [-0.25, -0.2) is 4.21 Å². The summed E-state index contributed by atoms with van der Waals surface area (Å²) in [5.41, 5.74) is 3.13. The smallest absolute Gasteiger partial charge is 0.259 e. The molecule has 0 saturated heterocycles. The minimum Gasteiger partial charge on any atom is -0.370 e. The maximum Gasteiger partial charge on any atom is 0.259 e. The number of amides is 2. The number of hydrogen-bond donors (Lipinski definition) is 1. The van der Waals surface area contributed by atoms with E-state index in [-0.39, 0.29) is 18.4 Å². The van der Waals surface area contributed by atoms with Gasteiger partial charge in [0.2, 0.25) is 0 Å². The van der Waals surface area contributed by atoms with Crippen LogP contribution < -0.4 is 15.1 Å². The van der Waals surface area contributed by atoms with Crippen LogP contribution >= 0.6 is 11.6 Å². The highest BCUT2D eigenvalue weighted by atomic mass is 35.5. The van der Waals surface area contributed by atoms with Gasteiger partial charge in [0, 0.05) is 35.9 Å². The molecule has 39 heavy (non-hydrogen) atoms. The Labute approximate surface area is 235 Å². The van der Waals surface area contributed by atoms with E-state index in [4.69, 9.17) is 11.6 Å². The number of halogens is 1. The normalized spacial score (nSPS) is 14.3. The third-order valence-electron chi connectivity index (χ3n) is 6.67. The lowest BCUT2D eigenvalue weighted by Crippen LogP contribution is -2.35. The lowest BCUT2D eigenvalue weighted by molar-refractivity contribution is 0.0950. The molecular weight excluding hydrogens is 530 g/mol. The first-order valence-corrected chi connectivity index (χ1v) is 14.3. The summed E-state index contributed by atoms with van der Waals surface area (Å²) in [6, 6.07) is 29.3. The second kappa shape index (κ2) is 11.8. The van der Waals surface area contributed by atoms with Gasteiger partial charge in [0.15, 0.2) is 0 Å². The Bertz CT molecular complexity index is 1540. The Morgan fingerprint density at radius 1 is 0.923 bits per heavy atom. The highest BCUT2D eigenvalue weighted by Crippen LogP contribution is 2.36. The number of rotatable bonds is 8. The Balaban J connectivity index is 1.43. The van der Waals surface area contributed by atoms with Gasteiger partial charge in [-0.2, -0.15) is 0 Å². The third kappa shape index (κ3) is 5.75. The SMILES string of the molecule is CCN(CCNC(=O)c1ccc2c(c1)N(Cc1cccc(Cl)c1)C(=O)c1ccccc1[S@@]2=O)c1ccccc1. The maximum atomic E-state index is 13.8. The van der Waals surface area contributed by atoms with E-state index in [1.54, 1.807) is 59.5 Å². The fourth-order valence-electron chi connectivity index (χ4n) is 4.69. The second-order valence-corrected chi connectivity index (χ2v) is 11.0. The number of nitrogens with one attached hydrogen (secondary N) is 1. The van der Waals surface area contributed by atoms with E-state index in [1.807, 2.05) is 42.5 Å². The van der Waals surface area contributed by atoms with Gasteiger partial charge in [0.1, 0.15) is 0 Å². The second-order valence-electron chi connectivity index (χ2n) is 9.14. The Kier molecular flexibility index (Phi) is 8.10. The summed E-state index contributed by atoms with van der Waals surface area (Å²) >= 11 is 6.21. The van der Waals surface area contributed by atoms with E-state index in [1.165, 1.54) is 0 Å². The van der Waals surface area contributed by atoms with Gasteiger partial charge in [-0.05, 0) is 67.1 Å². The van der Waals surface area contributed by atoms with Crippen LogP contribution in [0.25, 0.3) is 0 Å². The van der Waals surface area contributed by atoms with E-state index in [0.29, 0.717) is 44.7 Å². The van der Waals surface area contributed by atoms with Crippen LogP contribution in [-0.4, -0.2) is 35.7 Å². The van der Waals surface area contributed by atoms with Crippen LogP contribution in [0.1, 0.15) is 33.2 Å². The van der Waals surface area contributed by atoms with E-state index in [2.05, 4.69) is 17.1 Å². The van der Waals surface area contributed by atoms with Gasteiger partial charge >= 0.3 is 0 Å². The third-order valence-corrected chi connectivity index (χ3v) is 8.41. The number of hydrogen-bond acceptors (Lipinski definition) is 4. The van der Waals surface area contributed by atoms with Crippen molar-refractivity contribution in [2.75, 3.05) is 29.4 Å². The van der Waals surface area contributed by atoms with Crippen LogP contribution in [0, 0.1) is 0 Å². The van der Waals surface area contributed by atoms with Crippen LogP contribution in [0.4, 0.5) is 11.4 Å². The molecule has 4 aromatic carbocycles. The number of para-hydroxylation sites is 1. The predicted octanol–water partition coefficient (Wildman–Crippen LogP) is 5.92. The number of carbonyl (C=O) groups is 2. The summed E-state index contributed by atoms with van der Waals surface area (Å²) in [5, 5.41) is 3.55. The quantitative estimate of drug-likeness (QED) is 0.292. The zero-order chi connectivity index (χ0) is 27.4. The molecule has 0 aliphatic carbocycles. The number of likely N-dealkylation sites (N-methyl/N-ethyl adjacent to an activating group) is 1. The average Bonchev–Trinajstić information content (AvgIpc) is 3.05. The molecule has 4 aromatic rings. The van der Waals surface area contributed by atoms with Crippen molar-refractivity contribution in [2.45, 2.75) is 23.3 Å². The largest absolute Gasteiger partial charge is 0.370 e. The molecule has 1 aliphatic heterocycles. The summed E-state index contributed by atoms with van der Waals surface area (Å²) in [6.45, 7) is 4.19. The molecule has 8 heteroatoms. The Hall–Kier alpha value is -3.94. The number of nitrogens with zero attached hydrogens (tertiary/aromatic N) is 2. The minimum absolute atomic E-state index is 0.214. The molecule has 1 aliphatic rings. The first-order valence-electron chi connectivity index (χ1n) is 12.8. The molecule has 1 heterocycles. The lowest BCUT2D eigenvalue weighted by atomic mass is 10.1. The monoisotopic (exact) mass is 557 g/mol. The van der Waals surface area contributed by atoms with Crippen LogP contribution in [0.5, 0.6) is 0 Å². The van der Waals surface area contributed by atoms with Crippen molar-refractivity contribution >= 4 is 45.6 Å². The Morgan fingerprint density at radius 3 is 2.46 bits per heavy atom. The molecule has 1 N–H and O–H groups in total. The first kappa shape index (κ1) is 26.7. The Morgan fingerprint density at radius 2 is 1.69 bits per heavy atom. The number of benzene rings is 4. The molecule has 0 aromatic heterocycles. The number of carbonyl (C=O) groups excluding carboxylic acids is 2. The molecule has 198 valence electrons. The van der Waals surface area contributed by atoms with E-state index >= 15 is 0 Å². The number of fused-ring (bicyclic) bond motifs is 2. The van der Waals surface area contributed by atoms with Crippen molar-refractivity contribution in [1.29, 1.82) is 0 Å². The first-order chi connectivity index (χ1) is 19.0. The van der Waals surface area contributed by atoms with Crippen molar-refractivity contribution in [3.05, 3.63) is 119 Å². The standard InChI is InChI=1S/C31H28ClN3O3S/c1-2-34(25-11-4-3-5-12-25)18-17-33-30(36)23-15-16-29-27(20-23)35(21-22-9-8-10-24(32)19-22)31(37)26-13-6-7-14-28(26)39(29)38/h3-16,19-20H,2,17-18,21H2,1H3,(H,33,36)/t39-/m0/s1. The summed E-state index contributed by atoms with van der Waals surface area (Å²) in [7, 11) is -1.59. The van der Waals surface area contributed by atoms with Gasteiger partial charge in [0.05, 0.1) is 38.4 Å². The van der Waals surface area contributed by atoms with Crippen molar-refractivity contribution in [3.8, 4) is 0 Å². The van der Waals surface area contributed by atoms with Gasteiger partial charge in [-0.1, -0.05) is 54.1 Å². The van der Waals surface area contributed by atoms with Crippen LogP contribution in [0.3, 0.4) is 0 Å². The molecule has 1 atom stereocenters. The molecule has 0 fully saturated rings. The zero-order valence-electron chi connectivity index (χ0n) is 21.5. The van der Waals surface area contributed by atoms with Crippen molar-refractivity contribution in [3.63, 3.8) is 0 Å². The lowest BCUT2D eigenvalue weighted by Gasteiger charge is -2.24. The molecule has 0 radical (unpaired) electrons. The topological polar surface area (TPSA) is 69.7 Å². The van der Waals surface area contributed by atoms with Crippen LogP contribution in [0.2, 0.25) is 5.02 Å².